The summed E-state index contributed by atoms with van der Waals surface area (Å²) in [6.07, 6.45) is 0.768. The number of ether oxygens (including phenoxy) is 1. The van der Waals surface area contributed by atoms with E-state index in [4.69, 9.17) is 9.88 Å². The molecule has 21 heavy (non-hydrogen) atoms. The van der Waals surface area contributed by atoms with E-state index in [1.54, 1.807) is 14.1 Å². The average Bonchev–Trinajstić information content (AvgIpc) is 2.36. The zero-order chi connectivity index (χ0) is 16.2. The highest BCUT2D eigenvalue weighted by Crippen LogP contribution is 2.30. The number of hydrogen-bond donors (Lipinski definition) is 1. The van der Waals surface area contributed by atoms with Crippen molar-refractivity contribution in [1.29, 1.82) is 0 Å². The van der Waals surface area contributed by atoms with Gasteiger partial charge in [0, 0.05) is 26.6 Å². The van der Waals surface area contributed by atoms with E-state index in [0.29, 0.717) is 12.8 Å². The summed E-state index contributed by atoms with van der Waals surface area (Å²) in [5, 5.41) is 4.89. The number of hydrogen-bond acceptors (Lipinski definition) is 4. The number of sulfonamides is 1. The van der Waals surface area contributed by atoms with Crippen LogP contribution in [0.2, 0.25) is 0 Å². The summed E-state index contributed by atoms with van der Waals surface area (Å²) in [7, 11) is -0.822. The lowest BCUT2D eigenvalue weighted by Gasteiger charge is -2.12. The van der Waals surface area contributed by atoms with Crippen LogP contribution < -0.4 is 9.88 Å². The monoisotopic (exact) mass is 382 g/mol. The molecule has 0 saturated heterocycles. The predicted molar refractivity (Wildman–Crippen MR) is 78.9 cm³/mol. The molecular formula is C12H16BrFN2O4S. The van der Waals surface area contributed by atoms with Gasteiger partial charge in [0.15, 0.2) is 0 Å². The molecule has 0 unspecified atom stereocenters. The Balaban J connectivity index is 2.70. The second-order valence-corrected chi connectivity index (χ2v) is 6.88. The van der Waals surface area contributed by atoms with Crippen molar-refractivity contribution in [3.63, 3.8) is 0 Å². The van der Waals surface area contributed by atoms with Crippen LogP contribution >= 0.6 is 15.9 Å². The van der Waals surface area contributed by atoms with Gasteiger partial charge in [-0.15, -0.1) is 0 Å². The lowest BCUT2D eigenvalue weighted by Crippen LogP contribution is -2.21. The van der Waals surface area contributed by atoms with E-state index in [-0.39, 0.29) is 22.7 Å². The number of rotatable bonds is 6. The van der Waals surface area contributed by atoms with Gasteiger partial charge in [-0.05, 0) is 28.4 Å². The molecule has 0 atom stereocenters. The largest absolute Gasteiger partial charge is 0.492 e. The number of nitrogens with zero attached hydrogens (tertiary/aromatic N) is 1. The minimum atomic E-state index is -4.13. The molecule has 0 saturated carbocycles. The Labute approximate surface area is 131 Å². The molecule has 1 aromatic carbocycles. The van der Waals surface area contributed by atoms with Crippen LogP contribution in [-0.4, -0.2) is 39.9 Å². The van der Waals surface area contributed by atoms with Crippen LogP contribution in [-0.2, 0) is 14.8 Å². The van der Waals surface area contributed by atoms with Crippen LogP contribution in [0, 0.1) is 5.82 Å². The van der Waals surface area contributed by atoms with E-state index >= 15 is 0 Å². The van der Waals surface area contributed by atoms with Gasteiger partial charge in [-0.2, -0.15) is 0 Å². The Bertz CT molecular complexity index is 634. The molecule has 1 amide bonds. The summed E-state index contributed by atoms with van der Waals surface area (Å²) in [6.45, 7) is 0.201. The van der Waals surface area contributed by atoms with Gasteiger partial charge >= 0.3 is 0 Å². The number of carbonyl (C=O) groups is 1. The van der Waals surface area contributed by atoms with E-state index in [0.717, 1.165) is 12.1 Å². The van der Waals surface area contributed by atoms with Crippen molar-refractivity contribution in [1.82, 2.24) is 4.90 Å². The van der Waals surface area contributed by atoms with Crippen LogP contribution in [0.4, 0.5) is 4.39 Å². The first-order valence-corrected chi connectivity index (χ1v) is 8.31. The zero-order valence-corrected chi connectivity index (χ0v) is 14.0. The summed E-state index contributed by atoms with van der Waals surface area (Å²) in [5.41, 5.74) is 0. The first kappa shape index (κ1) is 17.9. The molecule has 0 aliphatic heterocycles. The van der Waals surface area contributed by atoms with Crippen molar-refractivity contribution in [2.45, 2.75) is 17.7 Å². The maximum Gasteiger partial charge on any atom is 0.241 e. The Morgan fingerprint density at radius 1 is 1.43 bits per heavy atom. The molecule has 1 rings (SSSR count). The summed E-state index contributed by atoms with van der Waals surface area (Å²) in [5.74, 6) is -0.870. The SMILES string of the molecule is CN(C)C(=O)CCCOc1cc(F)c(S(N)(=O)=O)cc1Br. The normalized spacial score (nSPS) is 11.3. The third kappa shape index (κ3) is 5.25. The molecule has 0 aliphatic carbocycles. The summed E-state index contributed by atoms with van der Waals surface area (Å²) < 4.78 is 41.5. The number of amides is 1. The fraction of sp³-hybridized carbons (Fsp3) is 0.417. The number of nitrogens with two attached hydrogens (primary N) is 1. The maximum atomic E-state index is 13.6. The average molecular weight is 383 g/mol. The molecule has 0 bridgehead atoms. The standard InChI is InChI=1S/C12H16BrFN2O4S/c1-16(2)12(17)4-3-5-20-10-7-9(14)11(6-8(10)13)21(15,18)19/h6-7H,3-5H2,1-2H3,(H2,15,18,19). The van der Waals surface area contributed by atoms with Crippen molar-refractivity contribution in [2.24, 2.45) is 5.14 Å². The predicted octanol–water partition coefficient (Wildman–Crippen LogP) is 1.48. The number of primary sulfonamides is 1. The highest BCUT2D eigenvalue weighted by Gasteiger charge is 2.18. The van der Waals surface area contributed by atoms with E-state index in [1.807, 2.05) is 0 Å². The van der Waals surface area contributed by atoms with Crippen LogP contribution in [0.3, 0.4) is 0 Å². The minimum Gasteiger partial charge on any atom is -0.492 e. The van der Waals surface area contributed by atoms with Crippen molar-refractivity contribution in [3.8, 4) is 5.75 Å². The molecule has 0 heterocycles. The van der Waals surface area contributed by atoms with Gasteiger partial charge in [0.2, 0.25) is 15.9 Å². The minimum absolute atomic E-state index is 0.0339. The summed E-state index contributed by atoms with van der Waals surface area (Å²) in [6, 6.07) is 1.99. The summed E-state index contributed by atoms with van der Waals surface area (Å²) >= 11 is 3.09. The van der Waals surface area contributed by atoms with Crippen LogP contribution in [0.25, 0.3) is 0 Å². The van der Waals surface area contributed by atoms with Crippen molar-refractivity contribution >= 4 is 31.9 Å². The van der Waals surface area contributed by atoms with Gasteiger partial charge in [-0.25, -0.2) is 17.9 Å². The van der Waals surface area contributed by atoms with Gasteiger partial charge in [0.25, 0.3) is 0 Å². The molecular weight excluding hydrogens is 367 g/mol. The third-order valence-electron chi connectivity index (χ3n) is 2.58. The fourth-order valence-corrected chi connectivity index (χ4v) is 2.69. The van der Waals surface area contributed by atoms with Gasteiger partial charge in [-0.1, -0.05) is 0 Å². The first-order chi connectivity index (χ1) is 9.62. The van der Waals surface area contributed by atoms with Gasteiger partial charge in [0.05, 0.1) is 11.1 Å². The molecule has 6 nitrogen and oxygen atoms in total. The van der Waals surface area contributed by atoms with Crippen molar-refractivity contribution < 1.29 is 22.3 Å². The number of benzene rings is 1. The molecule has 118 valence electrons. The van der Waals surface area contributed by atoms with Gasteiger partial charge < -0.3 is 9.64 Å². The van der Waals surface area contributed by atoms with Crippen molar-refractivity contribution in [3.05, 3.63) is 22.4 Å². The van der Waals surface area contributed by atoms with Gasteiger partial charge in [0.1, 0.15) is 16.5 Å². The molecule has 0 aliphatic rings. The Morgan fingerprint density at radius 3 is 2.57 bits per heavy atom. The maximum absolute atomic E-state index is 13.6. The Morgan fingerprint density at radius 2 is 2.05 bits per heavy atom. The van der Waals surface area contributed by atoms with Gasteiger partial charge in [-0.3, -0.25) is 4.79 Å². The van der Waals surface area contributed by atoms with E-state index in [1.165, 1.54) is 4.90 Å². The molecule has 0 spiro atoms. The number of carbonyl (C=O) groups excluding carboxylic acids is 1. The molecule has 9 heteroatoms. The summed E-state index contributed by atoms with van der Waals surface area (Å²) in [4.78, 5) is 12.2. The van der Waals surface area contributed by atoms with Crippen LogP contribution in [0.15, 0.2) is 21.5 Å². The second kappa shape index (κ2) is 7.19. The first-order valence-electron chi connectivity index (χ1n) is 5.97. The highest BCUT2D eigenvalue weighted by molar-refractivity contribution is 9.10. The van der Waals surface area contributed by atoms with Crippen LogP contribution in [0.1, 0.15) is 12.8 Å². The molecule has 0 radical (unpaired) electrons. The Kier molecular flexibility index (Phi) is 6.11. The lowest BCUT2D eigenvalue weighted by molar-refractivity contribution is -0.128. The van der Waals surface area contributed by atoms with Crippen molar-refractivity contribution in [2.75, 3.05) is 20.7 Å². The molecule has 0 fully saturated rings. The molecule has 0 aromatic heterocycles. The Hall–Kier alpha value is -1.19. The van der Waals surface area contributed by atoms with E-state index in [9.17, 15) is 17.6 Å². The smallest absolute Gasteiger partial charge is 0.241 e. The highest BCUT2D eigenvalue weighted by atomic mass is 79.9. The third-order valence-corrected chi connectivity index (χ3v) is 4.13. The lowest BCUT2D eigenvalue weighted by atomic mass is 10.3. The second-order valence-electron chi connectivity index (χ2n) is 4.50. The quantitative estimate of drug-likeness (QED) is 0.754. The fourth-order valence-electron chi connectivity index (χ4n) is 1.47. The van der Waals surface area contributed by atoms with E-state index < -0.39 is 20.7 Å². The molecule has 1 aromatic rings. The number of halogens is 2. The topological polar surface area (TPSA) is 89.7 Å². The zero-order valence-electron chi connectivity index (χ0n) is 11.6. The van der Waals surface area contributed by atoms with Crippen LogP contribution in [0.5, 0.6) is 5.75 Å². The molecule has 2 N–H and O–H groups in total. The van der Waals surface area contributed by atoms with E-state index in [2.05, 4.69) is 15.9 Å².